The van der Waals surface area contributed by atoms with Crippen LogP contribution >= 0.6 is 0 Å². The number of hydrogen-bond acceptors (Lipinski definition) is 2. The highest BCUT2D eigenvalue weighted by Crippen LogP contribution is 2.21. The Balaban J connectivity index is 2.84. The fourth-order valence-electron chi connectivity index (χ4n) is 1.62. The van der Waals surface area contributed by atoms with E-state index in [0.29, 0.717) is 0 Å². The molecule has 4 nitrogen and oxygen atoms in total. The van der Waals surface area contributed by atoms with Gasteiger partial charge < -0.3 is 10.4 Å². The van der Waals surface area contributed by atoms with E-state index in [9.17, 15) is 9.59 Å². The Morgan fingerprint density at radius 2 is 1.83 bits per heavy atom. The summed E-state index contributed by atoms with van der Waals surface area (Å²) in [4.78, 5) is 22.9. The molecule has 0 saturated carbocycles. The van der Waals surface area contributed by atoms with Crippen molar-refractivity contribution in [2.24, 2.45) is 5.41 Å². The van der Waals surface area contributed by atoms with Gasteiger partial charge in [-0.3, -0.25) is 9.59 Å². The van der Waals surface area contributed by atoms with Gasteiger partial charge in [-0.25, -0.2) is 0 Å². The van der Waals surface area contributed by atoms with Crippen molar-refractivity contribution in [1.82, 2.24) is 5.32 Å². The molecule has 1 atom stereocenters. The summed E-state index contributed by atoms with van der Waals surface area (Å²) in [7, 11) is 0. The lowest BCUT2D eigenvalue weighted by Crippen LogP contribution is -2.43. The molecule has 18 heavy (non-hydrogen) atoms. The van der Waals surface area contributed by atoms with Crippen LogP contribution in [-0.2, 0) is 9.59 Å². The molecule has 1 rings (SSSR count). The second-order valence-electron chi connectivity index (χ2n) is 4.98. The van der Waals surface area contributed by atoms with Gasteiger partial charge in [0.15, 0.2) is 0 Å². The smallest absolute Gasteiger partial charge is 0.318 e. The first-order chi connectivity index (χ1) is 8.26. The quantitative estimate of drug-likeness (QED) is 0.804. The number of amides is 1. The molecule has 4 heteroatoms. The first-order valence-electron chi connectivity index (χ1n) is 5.86. The number of carboxylic acid groups (broad SMARTS) is 1. The Labute approximate surface area is 107 Å². The number of benzene rings is 1. The van der Waals surface area contributed by atoms with E-state index in [4.69, 9.17) is 5.11 Å². The van der Waals surface area contributed by atoms with E-state index in [1.165, 1.54) is 13.8 Å². The van der Waals surface area contributed by atoms with Gasteiger partial charge >= 0.3 is 5.97 Å². The van der Waals surface area contributed by atoms with Crippen molar-refractivity contribution in [1.29, 1.82) is 0 Å². The molecule has 0 aliphatic heterocycles. The predicted octanol–water partition coefficient (Wildman–Crippen LogP) is 2.28. The molecular formula is C14H19NO3. The van der Waals surface area contributed by atoms with Crippen molar-refractivity contribution in [3.05, 3.63) is 35.4 Å². The summed E-state index contributed by atoms with van der Waals surface area (Å²) < 4.78 is 0. The average molecular weight is 249 g/mol. The Kier molecular flexibility index (Phi) is 4.11. The first-order valence-corrected chi connectivity index (χ1v) is 5.86. The zero-order valence-corrected chi connectivity index (χ0v) is 11.2. The lowest BCUT2D eigenvalue weighted by Gasteiger charge is -2.23. The summed E-state index contributed by atoms with van der Waals surface area (Å²) in [5.41, 5.74) is 0.641. The third-order valence-corrected chi connectivity index (χ3v) is 3.10. The molecule has 0 heterocycles. The highest BCUT2D eigenvalue weighted by atomic mass is 16.4. The summed E-state index contributed by atoms with van der Waals surface area (Å²) in [6.07, 6.45) is 0. The largest absolute Gasteiger partial charge is 0.480 e. The summed E-state index contributed by atoms with van der Waals surface area (Å²) in [6, 6.07) is 7.49. The number of aliphatic carboxylic acids is 1. The second-order valence-corrected chi connectivity index (χ2v) is 4.98. The molecular weight excluding hydrogens is 230 g/mol. The Morgan fingerprint density at radius 3 is 2.33 bits per heavy atom. The number of carbonyl (C=O) groups excluding carboxylic acids is 1. The van der Waals surface area contributed by atoms with E-state index in [1.54, 1.807) is 0 Å². The van der Waals surface area contributed by atoms with E-state index in [-0.39, 0.29) is 6.04 Å². The third-order valence-electron chi connectivity index (χ3n) is 3.10. The zero-order valence-electron chi connectivity index (χ0n) is 11.2. The van der Waals surface area contributed by atoms with Crippen molar-refractivity contribution in [2.45, 2.75) is 33.7 Å². The summed E-state index contributed by atoms with van der Waals surface area (Å²) >= 11 is 0. The number of hydrogen-bond donors (Lipinski definition) is 2. The van der Waals surface area contributed by atoms with Crippen LogP contribution in [0.4, 0.5) is 0 Å². The molecule has 2 N–H and O–H groups in total. The Morgan fingerprint density at radius 1 is 1.28 bits per heavy atom. The standard InChI is InChI=1S/C14H19NO3/c1-9-7-5-6-8-11(9)10(2)15-12(16)14(3,4)13(17)18/h5-8,10H,1-4H3,(H,15,16)(H,17,18). The van der Waals surface area contributed by atoms with Gasteiger partial charge in [0.2, 0.25) is 5.91 Å². The molecule has 98 valence electrons. The molecule has 1 unspecified atom stereocenters. The molecule has 1 amide bonds. The van der Waals surface area contributed by atoms with E-state index < -0.39 is 17.3 Å². The molecule has 0 aliphatic rings. The minimum Gasteiger partial charge on any atom is -0.480 e. The highest BCUT2D eigenvalue weighted by molar-refractivity contribution is 6.01. The lowest BCUT2D eigenvalue weighted by atomic mass is 9.91. The number of nitrogens with one attached hydrogen (secondary N) is 1. The van der Waals surface area contributed by atoms with Gasteiger partial charge in [-0.1, -0.05) is 24.3 Å². The fourth-order valence-corrected chi connectivity index (χ4v) is 1.62. The maximum Gasteiger partial charge on any atom is 0.318 e. The van der Waals surface area contributed by atoms with Gasteiger partial charge in [0.1, 0.15) is 5.41 Å². The molecule has 0 spiro atoms. The van der Waals surface area contributed by atoms with Crippen LogP contribution in [0.3, 0.4) is 0 Å². The average Bonchev–Trinajstić information content (AvgIpc) is 2.28. The van der Waals surface area contributed by atoms with Crippen molar-refractivity contribution in [3.63, 3.8) is 0 Å². The van der Waals surface area contributed by atoms with Gasteiger partial charge in [0, 0.05) is 0 Å². The van der Waals surface area contributed by atoms with E-state index in [1.807, 2.05) is 38.1 Å². The first kappa shape index (κ1) is 14.2. The molecule has 1 aromatic rings. The van der Waals surface area contributed by atoms with Crippen LogP contribution in [0.15, 0.2) is 24.3 Å². The van der Waals surface area contributed by atoms with Crippen LogP contribution in [0.2, 0.25) is 0 Å². The number of rotatable bonds is 4. The van der Waals surface area contributed by atoms with Crippen molar-refractivity contribution in [2.75, 3.05) is 0 Å². The molecule has 0 bridgehead atoms. The minimum atomic E-state index is -1.42. The van der Waals surface area contributed by atoms with Crippen molar-refractivity contribution < 1.29 is 14.7 Å². The SMILES string of the molecule is Cc1ccccc1C(C)NC(=O)C(C)(C)C(=O)O. The Bertz CT molecular complexity index is 466. The van der Waals surface area contributed by atoms with Crippen LogP contribution in [-0.4, -0.2) is 17.0 Å². The third kappa shape index (κ3) is 2.88. The lowest BCUT2D eigenvalue weighted by molar-refractivity contribution is -0.153. The van der Waals surface area contributed by atoms with Crippen LogP contribution < -0.4 is 5.32 Å². The zero-order chi connectivity index (χ0) is 13.9. The van der Waals surface area contributed by atoms with Crippen LogP contribution in [0, 0.1) is 12.3 Å². The Hall–Kier alpha value is -1.84. The normalized spacial score (nSPS) is 12.9. The number of carbonyl (C=O) groups is 2. The van der Waals surface area contributed by atoms with Gasteiger partial charge in [0.25, 0.3) is 0 Å². The molecule has 0 aliphatic carbocycles. The molecule has 0 fully saturated rings. The van der Waals surface area contributed by atoms with Crippen molar-refractivity contribution >= 4 is 11.9 Å². The maximum absolute atomic E-state index is 11.9. The van der Waals surface area contributed by atoms with Gasteiger partial charge in [-0.2, -0.15) is 0 Å². The monoisotopic (exact) mass is 249 g/mol. The highest BCUT2D eigenvalue weighted by Gasteiger charge is 2.36. The van der Waals surface area contributed by atoms with Gasteiger partial charge in [-0.15, -0.1) is 0 Å². The summed E-state index contributed by atoms with van der Waals surface area (Å²) in [6.45, 7) is 6.60. The van der Waals surface area contributed by atoms with Crippen LogP contribution in [0.1, 0.15) is 37.9 Å². The van der Waals surface area contributed by atoms with E-state index in [2.05, 4.69) is 5.32 Å². The second kappa shape index (κ2) is 5.21. The molecule has 1 aromatic carbocycles. The number of carboxylic acids is 1. The van der Waals surface area contributed by atoms with Gasteiger partial charge in [-0.05, 0) is 38.8 Å². The van der Waals surface area contributed by atoms with Crippen LogP contribution in [0.5, 0.6) is 0 Å². The summed E-state index contributed by atoms with van der Waals surface area (Å²) in [5.74, 6) is -1.61. The van der Waals surface area contributed by atoms with Crippen molar-refractivity contribution in [3.8, 4) is 0 Å². The minimum absolute atomic E-state index is 0.211. The summed E-state index contributed by atoms with van der Waals surface area (Å²) in [5, 5.41) is 11.7. The van der Waals surface area contributed by atoms with E-state index >= 15 is 0 Å². The molecule has 0 aromatic heterocycles. The fraction of sp³-hybridized carbons (Fsp3) is 0.429. The maximum atomic E-state index is 11.9. The number of aryl methyl sites for hydroxylation is 1. The topological polar surface area (TPSA) is 66.4 Å². The van der Waals surface area contributed by atoms with Crippen LogP contribution in [0.25, 0.3) is 0 Å². The van der Waals surface area contributed by atoms with Gasteiger partial charge in [0.05, 0.1) is 6.04 Å². The van der Waals surface area contributed by atoms with E-state index in [0.717, 1.165) is 11.1 Å². The molecule has 0 saturated heterocycles. The predicted molar refractivity (Wildman–Crippen MR) is 69.2 cm³/mol. The molecule has 0 radical (unpaired) electrons.